The van der Waals surface area contributed by atoms with E-state index in [0.29, 0.717) is 19.7 Å². The van der Waals surface area contributed by atoms with Crippen molar-refractivity contribution >= 4 is 12.1 Å². The Morgan fingerprint density at radius 3 is 2.46 bits per heavy atom. The van der Waals surface area contributed by atoms with E-state index in [2.05, 4.69) is 24.4 Å². The van der Waals surface area contributed by atoms with E-state index in [1.807, 2.05) is 39.0 Å². The predicted molar refractivity (Wildman–Crippen MR) is 103 cm³/mol. The molecular formula is C21H33ClN2O4. The van der Waals surface area contributed by atoms with Crippen LogP contribution in [0.3, 0.4) is 0 Å². The second kappa shape index (κ2) is 10.7. The van der Waals surface area contributed by atoms with Crippen molar-refractivity contribution in [3.8, 4) is 0 Å². The molecule has 0 bridgehead atoms. The number of amides is 1. The quantitative estimate of drug-likeness (QED) is 0.662. The van der Waals surface area contributed by atoms with E-state index in [1.54, 1.807) is 11.8 Å². The molecule has 0 radical (unpaired) electrons. The summed E-state index contributed by atoms with van der Waals surface area (Å²) < 4.78 is 10.8. The Balaban J connectivity index is 0.00000392. The number of nitrogens with two attached hydrogens (primary N) is 1. The Morgan fingerprint density at radius 2 is 1.89 bits per heavy atom. The van der Waals surface area contributed by atoms with E-state index in [4.69, 9.17) is 9.47 Å². The summed E-state index contributed by atoms with van der Waals surface area (Å²) in [5.41, 5.74) is 0.663. The molecule has 0 unspecified atom stereocenters. The van der Waals surface area contributed by atoms with E-state index < -0.39 is 5.60 Å². The fourth-order valence-corrected chi connectivity index (χ4v) is 3.43. The maximum atomic E-state index is 12.6. The first-order chi connectivity index (χ1) is 12.7. The summed E-state index contributed by atoms with van der Waals surface area (Å²) >= 11 is 0. The highest BCUT2D eigenvalue weighted by Crippen LogP contribution is 2.20. The van der Waals surface area contributed by atoms with Crippen LogP contribution in [0.25, 0.3) is 0 Å². The van der Waals surface area contributed by atoms with Crippen molar-refractivity contribution in [2.45, 2.75) is 58.7 Å². The third-order valence-electron chi connectivity index (χ3n) is 4.77. The first-order valence-corrected chi connectivity index (χ1v) is 9.75. The van der Waals surface area contributed by atoms with Crippen LogP contribution in [-0.2, 0) is 14.3 Å². The molecule has 1 aromatic rings. The molecule has 6 nitrogen and oxygen atoms in total. The molecule has 7 heteroatoms. The normalized spacial score (nSPS) is 20.7. The summed E-state index contributed by atoms with van der Waals surface area (Å²) in [7, 11) is 0. The minimum atomic E-state index is -0.554. The third-order valence-corrected chi connectivity index (χ3v) is 4.77. The second-order valence-electron chi connectivity index (χ2n) is 8.13. The van der Waals surface area contributed by atoms with Crippen LogP contribution < -0.4 is 17.7 Å². The van der Waals surface area contributed by atoms with Crippen LogP contribution in [-0.4, -0.2) is 48.3 Å². The highest BCUT2D eigenvalue weighted by molar-refractivity contribution is 5.75. The summed E-state index contributed by atoms with van der Waals surface area (Å²) in [6, 6.07) is 10.5. The van der Waals surface area contributed by atoms with Crippen molar-refractivity contribution < 1.29 is 36.8 Å². The molecule has 1 amide bonds. The van der Waals surface area contributed by atoms with E-state index in [1.165, 1.54) is 5.56 Å². The van der Waals surface area contributed by atoms with Gasteiger partial charge in [0.25, 0.3) is 0 Å². The van der Waals surface area contributed by atoms with Gasteiger partial charge in [-0.1, -0.05) is 30.3 Å². The number of carbonyl (C=O) groups excluding carboxylic acids is 2. The number of nitrogens with zero attached hydrogens (tertiary/aromatic N) is 1. The van der Waals surface area contributed by atoms with Gasteiger partial charge in [0.2, 0.25) is 0 Å². The average molecular weight is 413 g/mol. The van der Waals surface area contributed by atoms with Crippen molar-refractivity contribution in [2.24, 2.45) is 5.92 Å². The zero-order valence-electron chi connectivity index (χ0n) is 17.5. The Labute approximate surface area is 174 Å². The highest BCUT2D eigenvalue weighted by atomic mass is 35.5. The molecule has 0 aromatic heterocycles. The van der Waals surface area contributed by atoms with Gasteiger partial charge >= 0.3 is 12.1 Å². The van der Waals surface area contributed by atoms with Gasteiger partial charge in [0.1, 0.15) is 23.6 Å². The molecule has 0 spiro atoms. The van der Waals surface area contributed by atoms with E-state index >= 15 is 0 Å². The van der Waals surface area contributed by atoms with Crippen LogP contribution in [0.5, 0.6) is 0 Å². The Kier molecular flexibility index (Phi) is 9.24. The number of halogens is 1. The lowest BCUT2D eigenvalue weighted by Crippen LogP contribution is -3.00. The average Bonchev–Trinajstić information content (AvgIpc) is 2.61. The predicted octanol–water partition coefficient (Wildman–Crippen LogP) is -0.496. The zero-order valence-corrected chi connectivity index (χ0v) is 18.2. The van der Waals surface area contributed by atoms with Crippen molar-refractivity contribution in [3.05, 3.63) is 35.9 Å². The minimum absolute atomic E-state index is 0. The van der Waals surface area contributed by atoms with Crippen LogP contribution in [0, 0.1) is 5.92 Å². The number of quaternary nitrogens is 1. The van der Waals surface area contributed by atoms with Crippen molar-refractivity contribution in [2.75, 3.05) is 19.7 Å². The van der Waals surface area contributed by atoms with Gasteiger partial charge < -0.3 is 32.1 Å². The lowest BCUT2D eigenvalue weighted by atomic mass is 9.91. The summed E-state index contributed by atoms with van der Waals surface area (Å²) in [5, 5.41) is 2.23. The van der Waals surface area contributed by atoms with Gasteiger partial charge in [-0.15, -0.1) is 0 Å². The molecule has 1 aliphatic heterocycles. The number of likely N-dealkylation sites (tertiary alicyclic amines) is 1. The standard InChI is InChI=1S/C21H32N2O4.ClH/c1-6-26-19(24)17-14-23(20(25)27-21(3,4)5)13-12-18(17)22-15(2)16-10-8-7-9-11-16;/h7-11,15,17-18,22H,6,12-14H2,1-5H3;1H/t15-,17-,18-;/m0./s1. The van der Waals surface area contributed by atoms with E-state index in [0.717, 1.165) is 6.42 Å². The van der Waals surface area contributed by atoms with Crippen LogP contribution in [0.2, 0.25) is 0 Å². The number of hydrogen-bond donors (Lipinski definition) is 1. The zero-order chi connectivity index (χ0) is 20.0. The molecule has 1 saturated heterocycles. The molecule has 158 valence electrons. The first-order valence-electron chi connectivity index (χ1n) is 9.75. The molecule has 1 aliphatic rings. The van der Waals surface area contributed by atoms with Crippen LogP contribution in [0.15, 0.2) is 30.3 Å². The molecule has 2 N–H and O–H groups in total. The first kappa shape index (κ1) is 24.2. The molecule has 3 atom stereocenters. The molecule has 0 saturated carbocycles. The molecule has 1 heterocycles. The van der Waals surface area contributed by atoms with Crippen LogP contribution >= 0.6 is 0 Å². The molecule has 0 aliphatic carbocycles. The van der Waals surface area contributed by atoms with Gasteiger partial charge in [0.05, 0.1) is 6.61 Å². The van der Waals surface area contributed by atoms with Gasteiger partial charge in [-0.05, 0) is 34.6 Å². The summed E-state index contributed by atoms with van der Waals surface area (Å²) in [5.74, 6) is -0.607. The monoisotopic (exact) mass is 412 g/mol. The third kappa shape index (κ3) is 6.99. The fraction of sp³-hybridized carbons (Fsp3) is 0.619. The Hall–Kier alpha value is -1.79. The largest absolute Gasteiger partial charge is 1.00 e. The second-order valence-corrected chi connectivity index (χ2v) is 8.13. The Bertz CT molecular complexity index is 633. The number of ether oxygens (including phenoxy) is 2. The molecular weight excluding hydrogens is 380 g/mol. The molecule has 1 fully saturated rings. The maximum absolute atomic E-state index is 12.6. The number of esters is 1. The topological polar surface area (TPSA) is 72.5 Å². The van der Waals surface area contributed by atoms with Gasteiger partial charge in [0.15, 0.2) is 0 Å². The number of hydrogen-bond acceptors (Lipinski definition) is 4. The van der Waals surface area contributed by atoms with Gasteiger partial charge in [0, 0.05) is 25.1 Å². The number of carbonyl (C=O) groups is 2. The minimum Gasteiger partial charge on any atom is -1.00 e. The maximum Gasteiger partial charge on any atom is 0.410 e. The van der Waals surface area contributed by atoms with E-state index in [-0.39, 0.29) is 42.5 Å². The SMILES string of the molecule is CCOC(=O)[C@H]1CN(C(=O)OC(C)(C)C)CC[C@@H]1[NH2+][C@@H](C)c1ccccc1.[Cl-]. The number of benzene rings is 1. The van der Waals surface area contributed by atoms with Gasteiger partial charge in [-0.2, -0.15) is 0 Å². The molecule has 28 heavy (non-hydrogen) atoms. The molecule has 2 rings (SSSR count). The van der Waals surface area contributed by atoms with Crippen molar-refractivity contribution in [1.82, 2.24) is 4.90 Å². The summed E-state index contributed by atoms with van der Waals surface area (Å²) in [4.78, 5) is 26.6. The highest BCUT2D eigenvalue weighted by Gasteiger charge is 2.41. The van der Waals surface area contributed by atoms with Crippen molar-refractivity contribution in [1.29, 1.82) is 0 Å². The summed E-state index contributed by atoms with van der Waals surface area (Å²) in [6.45, 7) is 10.7. The molecule has 1 aromatic carbocycles. The van der Waals surface area contributed by atoms with E-state index in [9.17, 15) is 9.59 Å². The summed E-state index contributed by atoms with van der Waals surface area (Å²) in [6.07, 6.45) is 0.353. The lowest BCUT2D eigenvalue weighted by molar-refractivity contribution is -0.731. The van der Waals surface area contributed by atoms with Gasteiger partial charge in [-0.3, -0.25) is 4.79 Å². The number of rotatable bonds is 5. The smallest absolute Gasteiger partial charge is 0.410 e. The van der Waals surface area contributed by atoms with Crippen LogP contribution in [0.4, 0.5) is 4.79 Å². The lowest BCUT2D eigenvalue weighted by Gasteiger charge is -2.37. The number of piperidine rings is 1. The Morgan fingerprint density at radius 1 is 1.25 bits per heavy atom. The fourth-order valence-electron chi connectivity index (χ4n) is 3.43. The van der Waals surface area contributed by atoms with Crippen molar-refractivity contribution in [3.63, 3.8) is 0 Å². The van der Waals surface area contributed by atoms with Crippen LogP contribution in [0.1, 0.15) is 52.6 Å². The van der Waals surface area contributed by atoms with Gasteiger partial charge in [-0.25, -0.2) is 4.79 Å².